The molecule has 2 heterocycles. The van der Waals surface area contributed by atoms with Crippen LogP contribution in [-0.2, 0) is 12.7 Å². The number of rotatable bonds is 7. The van der Waals surface area contributed by atoms with Crippen LogP contribution in [0.15, 0.2) is 54.9 Å². The first-order chi connectivity index (χ1) is 15.4. The third-order valence-electron chi connectivity index (χ3n) is 4.99. The Morgan fingerprint density at radius 3 is 2.34 bits per heavy atom. The number of anilines is 1. The van der Waals surface area contributed by atoms with E-state index in [1.54, 1.807) is 13.4 Å². The molecular formula is C23H22F3N5O. The van der Waals surface area contributed by atoms with Crippen molar-refractivity contribution >= 4 is 17.0 Å². The molecule has 0 spiro atoms. The van der Waals surface area contributed by atoms with Crippen molar-refractivity contribution in [3.8, 4) is 17.1 Å². The molecular weight excluding hydrogens is 419 g/mol. The number of methoxy groups -OCH3 is 1. The van der Waals surface area contributed by atoms with Crippen LogP contribution in [0.5, 0.6) is 5.75 Å². The summed E-state index contributed by atoms with van der Waals surface area (Å²) in [5, 5.41) is 3.29. The number of hydrogen-bond acceptors (Lipinski definition) is 5. The number of nitrogens with zero attached hydrogens (tertiary/aromatic N) is 4. The lowest BCUT2D eigenvalue weighted by Gasteiger charge is -2.10. The van der Waals surface area contributed by atoms with Crippen LogP contribution in [0.1, 0.15) is 24.5 Å². The fourth-order valence-electron chi connectivity index (χ4n) is 3.29. The lowest BCUT2D eigenvalue weighted by molar-refractivity contribution is -0.137. The van der Waals surface area contributed by atoms with E-state index in [2.05, 4.69) is 22.2 Å². The highest BCUT2D eigenvalue weighted by molar-refractivity contribution is 5.85. The van der Waals surface area contributed by atoms with Gasteiger partial charge in [-0.25, -0.2) is 15.0 Å². The quantitative estimate of drug-likeness (QED) is 0.417. The lowest BCUT2D eigenvalue weighted by Crippen LogP contribution is -2.07. The Hall–Kier alpha value is -3.62. The number of nitrogens with one attached hydrogen (secondary N) is 1. The van der Waals surface area contributed by atoms with Gasteiger partial charge in [0.15, 0.2) is 17.3 Å². The standard InChI is InChI=1S/C23H22F3N5O/c1-3-12-27-21-19-22(30-20(29-21)16-6-10-18(32-2)11-7-16)31(14-28-19)13-15-4-8-17(9-5-15)23(24,25)26/h4-11,14H,3,12-13H2,1-2H3,(H,27,29,30). The van der Waals surface area contributed by atoms with Crippen molar-refractivity contribution in [3.05, 3.63) is 66.0 Å². The normalized spacial score (nSPS) is 11.7. The van der Waals surface area contributed by atoms with Crippen LogP contribution in [0.2, 0.25) is 0 Å². The first-order valence-corrected chi connectivity index (χ1v) is 10.2. The molecule has 4 rings (SSSR count). The Kier molecular flexibility index (Phi) is 5.98. The fourth-order valence-corrected chi connectivity index (χ4v) is 3.29. The van der Waals surface area contributed by atoms with Gasteiger partial charge in [-0.3, -0.25) is 0 Å². The van der Waals surface area contributed by atoms with Gasteiger partial charge in [0.05, 0.1) is 25.5 Å². The Morgan fingerprint density at radius 1 is 1.00 bits per heavy atom. The number of fused-ring (bicyclic) bond motifs is 1. The summed E-state index contributed by atoms with van der Waals surface area (Å²) in [6.07, 6.45) is -1.82. The molecule has 0 radical (unpaired) electrons. The van der Waals surface area contributed by atoms with Crippen molar-refractivity contribution in [2.24, 2.45) is 0 Å². The molecule has 4 aromatic rings. The monoisotopic (exact) mass is 441 g/mol. The predicted octanol–water partition coefficient (Wildman–Crippen LogP) is 5.39. The molecule has 32 heavy (non-hydrogen) atoms. The lowest BCUT2D eigenvalue weighted by atomic mass is 10.1. The minimum absolute atomic E-state index is 0.334. The van der Waals surface area contributed by atoms with Gasteiger partial charge < -0.3 is 14.6 Å². The van der Waals surface area contributed by atoms with Crippen molar-refractivity contribution in [2.45, 2.75) is 26.1 Å². The van der Waals surface area contributed by atoms with E-state index in [9.17, 15) is 13.2 Å². The molecule has 0 unspecified atom stereocenters. The molecule has 6 nitrogen and oxygen atoms in total. The maximum absolute atomic E-state index is 12.9. The molecule has 166 valence electrons. The van der Waals surface area contributed by atoms with E-state index in [1.807, 2.05) is 28.8 Å². The Balaban J connectivity index is 1.73. The Labute approximate surface area is 183 Å². The highest BCUT2D eigenvalue weighted by Gasteiger charge is 2.30. The van der Waals surface area contributed by atoms with E-state index in [0.29, 0.717) is 34.9 Å². The van der Waals surface area contributed by atoms with Gasteiger partial charge >= 0.3 is 6.18 Å². The number of alkyl halides is 3. The first-order valence-electron chi connectivity index (χ1n) is 10.2. The molecule has 0 aliphatic rings. The number of imidazole rings is 1. The van der Waals surface area contributed by atoms with Crippen LogP contribution >= 0.6 is 0 Å². The largest absolute Gasteiger partial charge is 0.497 e. The Bertz CT molecular complexity index is 1200. The van der Waals surface area contributed by atoms with Crippen molar-refractivity contribution in [1.82, 2.24) is 19.5 Å². The highest BCUT2D eigenvalue weighted by atomic mass is 19.4. The van der Waals surface area contributed by atoms with Gasteiger partial charge in [-0.05, 0) is 48.4 Å². The molecule has 0 saturated heterocycles. The number of aromatic nitrogens is 4. The summed E-state index contributed by atoms with van der Waals surface area (Å²) in [4.78, 5) is 13.8. The number of halogens is 3. The van der Waals surface area contributed by atoms with E-state index in [4.69, 9.17) is 9.72 Å². The molecule has 9 heteroatoms. The number of benzene rings is 2. The molecule has 0 fully saturated rings. The summed E-state index contributed by atoms with van der Waals surface area (Å²) in [5.41, 5.74) is 2.07. The van der Waals surface area contributed by atoms with E-state index in [1.165, 1.54) is 12.1 Å². The third-order valence-corrected chi connectivity index (χ3v) is 4.99. The van der Waals surface area contributed by atoms with Gasteiger partial charge in [-0.1, -0.05) is 19.1 Å². The summed E-state index contributed by atoms with van der Waals surface area (Å²) in [6.45, 7) is 3.11. The second-order valence-corrected chi connectivity index (χ2v) is 7.29. The van der Waals surface area contributed by atoms with Gasteiger partial charge in [0.1, 0.15) is 11.3 Å². The van der Waals surface area contributed by atoms with Crippen molar-refractivity contribution in [1.29, 1.82) is 0 Å². The average Bonchev–Trinajstić information content (AvgIpc) is 3.20. The zero-order chi connectivity index (χ0) is 22.7. The van der Waals surface area contributed by atoms with Gasteiger partial charge in [0.25, 0.3) is 0 Å². The summed E-state index contributed by atoms with van der Waals surface area (Å²) in [5.74, 6) is 1.87. The summed E-state index contributed by atoms with van der Waals surface area (Å²) < 4.78 is 45.6. The van der Waals surface area contributed by atoms with Gasteiger partial charge in [-0.2, -0.15) is 13.2 Å². The van der Waals surface area contributed by atoms with Crippen molar-refractivity contribution < 1.29 is 17.9 Å². The smallest absolute Gasteiger partial charge is 0.416 e. The summed E-state index contributed by atoms with van der Waals surface area (Å²) >= 11 is 0. The number of ether oxygens (including phenoxy) is 1. The van der Waals surface area contributed by atoms with Gasteiger partial charge in [0.2, 0.25) is 0 Å². The molecule has 0 bridgehead atoms. The zero-order valence-electron chi connectivity index (χ0n) is 17.6. The van der Waals surface area contributed by atoms with Crippen LogP contribution < -0.4 is 10.1 Å². The molecule has 0 atom stereocenters. The molecule has 0 aliphatic carbocycles. The van der Waals surface area contributed by atoms with Crippen LogP contribution in [0.25, 0.3) is 22.6 Å². The maximum Gasteiger partial charge on any atom is 0.416 e. The Morgan fingerprint density at radius 2 is 1.72 bits per heavy atom. The molecule has 1 N–H and O–H groups in total. The zero-order valence-corrected chi connectivity index (χ0v) is 17.6. The minimum Gasteiger partial charge on any atom is -0.497 e. The maximum atomic E-state index is 12.9. The molecule has 2 aromatic carbocycles. The van der Waals surface area contributed by atoms with Gasteiger partial charge in [0, 0.05) is 12.1 Å². The van der Waals surface area contributed by atoms with Crippen LogP contribution in [0, 0.1) is 0 Å². The molecule has 0 saturated carbocycles. The summed E-state index contributed by atoms with van der Waals surface area (Å²) in [6, 6.07) is 12.5. The predicted molar refractivity (Wildman–Crippen MR) is 117 cm³/mol. The summed E-state index contributed by atoms with van der Waals surface area (Å²) in [7, 11) is 1.60. The second-order valence-electron chi connectivity index (χ2n) is 7.29. The second kappa shape index (κ2) is 8.86. The fraction of sp³-hybridized carbons (Fsp3) is 0.261. The molecule has 0 amide bonds. The van der Waals surface area contributed by atoms with Crippen LogP contribution in [-0.4, -0.2) is 33.2 Å². The SMILES string of the molecule is CCCNc1nc(-c2ccc(OC)cc2)nc2c1ncn2Cc1ccc(C(F)(F)F)cc1. The van der Waals surface area contributed by atoms with E-state index in [-0.39, 0.29) is 0 Å². The molecule has 2 aromatic heterocycles. The number of hydrogen-bond donors (Lipinski definition) is 1. The van der Waals surface area contributed by atoms with Crippen LogP contribution in [0.4, 0.5) is 19.0 Å². The molecule has 0 aliphatic heterocycles. The van der Waals surface area contributed by atoms with E-state index in [0.717, 1.165) is 36.4 Å². The first kappa shape index (κ1) is 21.6. The van der Waals surface area contributed by atoms with Crippen molar-refractivity contribution in [3.63, 3.8) is 0 Å². The van der Waals surface area contributed by atoms with Crippen LogP contribution in [0.3, 0.4) is 0 Å². The van der Waals surface area contributed by atoms with Crippen molar-refractivity contribution in [2.75, 3.05) is 19.0 Å². The minimum atomic E-state index is -4.36. The third kappa shape index (κ3) is 4.51. The van der Waals surface area contributed by atoms with Gasteiger partial charge in [-0.15, -0.1) is 0 Å². The topological polar surface area (TPSA) is 64.9 Å². The van der Waals surface area contributed by atoms with E-state index < -0.39 is 11.7 Å². The highest BCUT2D eigenvalue weighted by Crippen LogP contribution is 2.30. The average molecular weight is 441 g/mol. The van der Waals surface area contributed by atoms with E-state index >= 15 is 0 Å².